The molecule has 1 aromatic rings. The molecule has 5 nitrogen and oxygen atoms in total. The van der Waals surface area contributed by atoms with Crippen LogP contribution >= 0.6 is 11.3 Å². The van der Waals surface area contributed by atoms with E-state index in [1.54, 1.807) is 10.2 Å². The lowest BCUT2D eigenvalue weighted by atomic mass is 10.8. The van der Waals surface area contributed by atoms with Gasteiger partial charge in [-0.1, -0.05) is 16.4 Å². The predicted octanol–water partition coefficient (Wildman–Crippen LogP) is 0.547. The fraction of sp³-hybridized carbons (Fsp3) is 0.500. The molecule has 0 fully saturated rings. The lowest BCUT2D eigenvalue weighted by molar-refractivity contribution is 0.626. The predicted molar refractivity (Wildman–Crippen MR) is 37.1 cm³/mol. The maximum atomic E-state index is 9.69. The second-order valence-corrected chi connectivity index (χ2v) is 2.33. The van der Waals surface area contributed by atoms with Crippen molar-refractivity contribution < 1.29 is 0 Å². The van der Waals surface area contributed by atoms with E-state index in [0.717, 1.165) is 0 Å². The molecule has 0 saturated carbocycles. The molecule has 0 radical (unpaired) electrons. The van der Waals surface area contributed by atoms with Crippen LogP contribution in [0.4, 0.5) is 0 Å². The van der Waals surface area contributed by atoms with Crippen LogP contribution in [0.25, 0.3) is 0 Å². The third kappa shape index (κ3) is 1.27. The summed E-state index contributed by atoms with van der Waals surface area (Å²) in [5.74, 6) is 0. The van der Waals surface area contributed by atoms with Crippen molar-refractivity contribution in [1.29, 1.82) is 0 Å². The second kappa shape index (κ2) is 3.21. The highest BCUT2D eigenvalue weighted by molar-refractivity contribution is 7.06. The van der Waals surface area contributed by atoms with Crippen LogP contribution in [0.5, 0.6) is 0 Å². The van der Waals surface area contributed by atoms with Gasteiger partial charge in [0.25, 0.3) is 0 Å². The number of hydrogen-bond donors (Lipinski definition) is 0. The number of aromatic nitrogens is 2. The molecule has 54 valence electrons. The van der Waals surface area contributed by atoms with E-state index in [1.807, 2.05) is 6.92 Å². The van der Waals surface area contributed by atoms with Crippen molar-refractivity contribution in [2.24, 2.45) is 10.4 Å². The van der Waals surface area contributed by atoms with Gasteiger partial charge in [-0.25, -0.2) is 4.68 Å². The van der Waals surface area contributed by atoms with Crippen molar-refractivity contribution in [3.8, 4) is 0 Å². The summed E-state index contributed by atoms with van der Waals surface area (Å²) in [6.45, 7) is 2.63. The molecule has 0 aliphatic carbocycles. The molecule has 1 aromatic heterocycles. The largest absolute Gasteiger partial charge is 0.237 e. The standard InChI is InChI=1S/C4H6N4OS/c1-2-8-4(6-7-9)10-3-5-8/h3H,2H2,1H3/b6-4-. The molecule has 0 unspecified atom stereocenters. The number of aryl methyl sites for hydroxylation is 1. The van der Waals surface area contributed by atoms with Crippen LogP contribution in [-0.2, 0) is 6.54 Å². The molecule has 1 rings (SSSR count). The first-order valence-electron chi connectivity index (χ1n) is 2.75. The van der Waals surface area contributed by atoms with Crippen LogP contribution in [0.15, 0.2) is 15.9 Å². The highest BCUT2D eigenvalue weighted by Crippen LogP contribution is 1.83. The third-order valence-corrected chi connectivity index (χ3v) is 1.69. The van der Waals surface area contributed by atoms with Gasteiger partial charge in [0.2, 0.25) is 4.80 Å². The molecule has 0 atom stereocenters. The van der Waals surface area contributed by atoms with Crippen molar-refractivity contribution in [1.82, 2.24) is 9.78 Å². The minimum absolute atomic E-state index is 0.539. The van der Waals surface area contributed by atoms with Crippen LogP contribution < -0.4 is 4.80 Å². The first-order valence-corrected chi connectivity index (χ1v) is 3.63. The molecule has 0 aliphatic heterocycles. The Labute approximate surface area is 61.0 Å². The van der Waals surface area contributed by atoms with Gasteiger partial charge in [0.1, 0.15) is 5.51 Å². The Morgan fingerprint density at radius 2 is 2.70 bits per heavy atom. The van der Waals surface area contributed by atoms with Gasteiger partial charge in [-0.2, -0.15) is 5.10 Å². The Kier molecular flexibility index (Phi) is 2.27. The van der Waals surface area contributed by atoms with Crippen molar-refractivity contribution in [2.45, 2.75) is 13.5 Å². The normalized spacial score (nSPS) is 11.9. The Hall–Kier alpha value is -1.04. The molecule has 0 aromatic carbocycles. The van der Waals surface area contributed by atoms with Crippen molar-refractivity contribution in [3.05, 3.63) is 15.2 Å². The van der Waals surface area contributed by atoms with E-state index >= 15 is 0 Å². The number of nitrogens with zero attached hydrogens (tertiary/aromatic N) is 4. The van der Waals surface area contributed by atoms with Crippen LogP contribution in [0.1, 0.15) is 6.92 Å². The molecule has 10 heavy (non-hydrogen) atoms. The van der Waals surface area contributed by atoms with Crippen molar-refractivity contribution >= 4 is 11.3 Å². The average Bonchev–Trinajstić information content (AvgIpc) is 2.36. The highest BCUT2D eigenvalue weighted by Gasteiger charge is 1.90. The van der Waals surface area contributed by atoms with Gasteiger partial charge in [-0.05, 0) is 6.92 Å². The summed E-state index contributed by atoms with van der Waals surface area (Å²) in [4.78, 5) is 10.2. The van der Waals surface area contributed by atoms with Gasteiger partial charge >= 0.3 is 0 Å². The summed E-state index contributed by atoms with van der Waals surface area (Å²) >= 11 is 1.29. The molecule has 0 amide bonds. The third-order valence-electron chi connectivity index (χ3n) is 0.991. The summed E-state index contributed by atoms with van der Waals surface area (Å²) in [7, 11) is 0. The van der Waals surface area contributed by atoms with Gasteiger partial charge in [0.05, 0.1) is 5.29 Å². The molecule has 0 N–H and O–H groups in total. The van der Waals surface area contributed by atoms with Gasteiger partial charge in [-0.3, -0.25) is 0 Å². The number of rotatable bonds is 2. The lowest BCUT2D eigenvalue weighted by Gasteiger charge is -1.88. The second-order valence-electron chi connectivity index (χ2n) is 1.52. The maximum Gasteiger partial charge on any atom is 0.231 e. The molecule has 1 heterocycles. The lowest BCUT2D eigenvalue weighted by Crippen LogP contribution is -2.14. The molecule has 0 bridgehead atoms. The van der Waals surface area contributed by atoms with Crippen LogP contribution in [0.3, 0.4) is 0 Å². The van der Waals surface area contributed by atoms with Gasteiger partial charge in [0.15, 0.2) is 0 Å². The van der Waals surface area contributed by atoms with E-state index in [-0.39, 0.29) is 0 Å². The Balaban J connectivity index is 3.13. The molecule has 0 aliphatic rings. The summed E-state index contributed by atoms with van der Waals surface area (Å²) in [5, 5.41) is 9.63. The van der Waals surface area contributed by atoms with E-state index in [4.69, 9.17) is 0 Å². The summed E-state index contributed by atoms with van der Waals surface area (Å²) in [6, 6.07) is 0. The summed E-state index contributed by atoms with van der Waals surface area (Å²) < 4.78 is 1.60. The zero-order chi connectivity index (χ0) is 7.40. The first kappa shape index (κ1) is 7.07. The fourth-order valence-electron chi connectivity index (χ4n) is 0.565. The van der Waals surface area contributed by atoms with Crippen LogP contribution in [-0.4, -0.2) is 9.78 Å². The van der Waals surface area contributed by atoms with E-state index < -0.39 is 0 Å². The maximum absolute atomic E-state index is 9.69. The van der Waals surface area contributed by atoms with E-state index in [2.05, 4.69) is 15.5 Å². The SMILES string of the molecule is CCn1ncs/c1=N\N=O. The van der Waals surface area contributed by atoms with Gasteiger partial charge in [0, 0.05) is 6.54 Å². The minimum atomic E-state index is 0.539. The van der Waals surface area contributed by atoms with E-state index in [1.165, 1.54) is 11.3 Å². The van der Waals surface area contributed by atoms with Crippen molar-refractivity contribution in [2.75, 3.05) is 0 Å². The molecule has 6 heteroatoms. The van der Waals surface area contributed by atoms with Crippen LogP contribution in [0.2, 0.25) is 0 Å². The average molecular weight is 158 g/mol. The molecular weight excluding hydrogens is 152 g/mol. The molecular formula is C4H6N4OS. The van der Waals surface area contributed by atoms with Gasteiger partial charge in [-0.15, -0.1) is 4.91 Å². The highest BCUT2D eigenvalue weighted by atomic mass is 32.1. The van der Waals surface area contributed by atoms with Crippen molar-refractivity contribution in [3.63, 3.8) is 0 Å². The molecule has 0 saturated heterocycles. The van der Waals surface area contributed by atoms with E-state index in [9.17, 15) is 4.91 Å². The minimum Gasteiger partial charge on any atom is -0.237 e. The van der Waals surface area contributed by atoms with E-state index in [0.29, 0.717) is 11.3 Å². The quantitative estimate of drug-likeness (QED) is 0.466. The zero-order valence-electron chi connectivity index (χ0n) is 5.39. The number of nitroso groups, excluding NO2 is 1. The topological polar surface area (TPSA) is 59.6 Å². The number of hydrogen-bond acceptors (Lipinski definition) is 4. The monoisotopic (exact) mass is 158 g/mol. The summed E-state index contributed by atoms with van der Waals surface area (Å²) in [5.41, 5.74) is 1.62. The Morgan fingerprint density at radius 1 is 1.90 bits per heavy atom. The van der Waals surface area contributed by atoms with Crippen LogP contribution in [0, 0.1) is 4.91 Å². The van der Waals surface area contributed by atoms with Gasteiger partial charge < -0.3 is 0 Å². The molecule has 0 spiro atoms. The summed E-state index contributed by atoms with van der Waals surface area (Å²) in [6.07, 6.45) is 0. The first-order chi connectivity index (χ1) is 4.88. The Morgan fingerprint density at radius 3 is 3.30 bits per heavy atom. The zero-order valence-corrected chi connectivity index (χ0v) is 6.21. The Bertz CT molecular complexity index is 275. The smallest absolute Gasteiger partial charge is 0.231 e. The fourth-order valence-corrected chi connectivity index (χ4v) is 1.20.